The predicted octanol–water partition coefficient (Wildman–Crippen LogP) is 5.12. The summed E-state index contributed by atoms with van der Waals surface area (Å²) in [6.07, 6.45) is -0.117. The lowest BCUT2D eigenvalue weighted by atomic mass is 10.2. The molecule has 0 N–H and O–H groups in total. The number of nitrogens with zero attached hydrogens (tertiary/aromatic N) is 2. The van der Waals surface area contributed by atoms with Crippen molar-refractivity contribution < 1.29 is 19.1 Å². The van der Waals surface area contributed by atoms with Crippen molar-refractivity contribution in [2.45, 2.75) is 44.8 Å². The summed E-state index contributed by atoms with van der Waals surface area (Å²) in [5, 5.41) is 0. The molecule has 0 aliphatic carbocycles. The second kappa shape index (κ2) is 8.14. The van der Waals surface area contributed by atoms with Crippen LogP contribution < -0.4 is 13.9 Å². The zero-order chi connectivity index (χ0) is 20.4. The smallest absolute Gasteiger partial charge is 0.339 e. The van der Waals surface area contributed by atoms with Crippen molar-refractivity contribution in [3.8, 4) is 5.75 Å². The molecule has 1 aliphatic rings. The molecule has 0 unspecified atom stereocenters. The fraction of sp³-hybridized carbons (Fsp3) is 0.333. The van der Waals surface area contributed by atoms with Gasteiger partial charge in [-0.1, -0.05) is 0 Å². The summed E-state index contributed by atoms with van der Waals surface area (Å²) in [6, 6.07) is 12.4. The molecule has 0 saturated heterocycles. The molecule has 28 heavy (non-hydrogen) atoms. The van der Waals surface area contributed by atoms with Gasteiger partial charge in [0.05, 0.1) is 34.0 Å². The van der Waals surface area contributed by atoms with E-state index in [2.05, 4.69) is 0 Å². The zero-order valence-electron chi connectivity index (χ0n) is 16.6. The molecular formula is C21H24N2O4S. The number of rotatable bonds is 5. The Morgan fingerprint density at radius 2 is 1.68 bits per heavy atom. The minimum atomic E-state index is -0.376. The second-order valence-electron chi connectivity index (χ2n) is 7.02. The molecule has 1 heterocycles. The number of fused-ring (bicyclic) bond motifs is 1. The van der Waals surface area contributed by atoms with Crippen LogP contribution in [0.4, 0.5) is 16.2 Å². The lowest BCUT2D eigenvalue weighted by Gasteiger charge is -2.34. The summed E-state index contributed by atoms with van der Waals surface area (Å²) in [5.41, 5.74) is 1.95. The Labute approximate surface area is 169 Å². The Hall–Kier alpha value is -2.67. The van der Waals surface area contributed by atoms with Gasteiger partial charge in [-0.15, -0.1) is 0 Å². The van der Waals surface area contributed by atoms with Crippen LogP contribution in [0.1, 0.15) is 38.1 Å². The van der Waals surface area contributed by atoms with Gasteiger partial charge in [-0.2, -0.15) is 0 Å². The van der Waals surface area contributed by atoms with E-state index in [-0.39, 0.29) is 24.2 Å². The monoisotopic (exact) mass is 400 g/mol. The minimum absolute atomic E-state index is 0.0627. The summed E-state index contributed by atoms with van der Waals surface area (Å²) in [5.74, 6) is 0.356. The van der Waals surface area contributed by atoms with Crippen molar-refractivity contribution >= 4 is 35.3 Å². The molecule has 0 aromatic heterocycles. The average Bonchev–Trinajstić information content (AvgIpc) is 2.64. The molecule has 7 heteroatoms. The molecule has 1 aliphatic heterocycles. The molecule has 0 bridgehead atoms. The van der Waals surface area contributed by atoms with Crippen LogP contribution in [-0.4, -0.2) is 31.3 Å². The molecule has 0 fully saturated rings. The number of amides is 2. The fourth-order valence-electron chi connectivity index (χ4n) is 2.74. The normalized spacial score (nSPS) is 13.8. The Kier molecular flexibility index (Phi) is 5.84. The number of hydrogen-bond acceptors (Lipinski definition) is 5. The third kappa shape index (κ3) is 4.25. The molecule has 2 amide bonds. The summed E-state index contributed by atoms with van der Waals surface area (Å²) in [7, 11) is 1.74. The van der Waals surface area contributed by atoms with Gasteiger partial charge in [0, 0.05) is 13.1 Å². The number of benzene rings is 2. The largest absolute Gasteiger partial charge is 0.491 e. The number of anilines is 2. The maximum atomic E-state index is 12.9. The van der Waals surface area contributed by atoms with E-state index in [1.807, 2.05) is 32.0 Å². The average molecular weight is 401 g/mol. The van der Waals surface area contributed by atoms with Gasteiger partial charge in [0.1, 0.15) is 5.75 Å². The van der Waals surface area contributed by atoms with Crippen LogP contribution in [0, 0.1) is 0 Å². The Morgan fingerprint density at radius 1 is 1.00 bits per heavy atom. The highest BCUT2D eigenvalue weighted by Crippen LogP contribution is 2.42. The summed E-state index contributed by atoms with van der Waals surface area (Å²) in [4.78, 5) is 27.4. The van der Waals surface area contributed by atoms with Gasteiger partial charge in [-0.3, -0.25) is 4.90 Å². The standard InChI is InChI=1S/C21H24N2O4S/c1-13(2)26-17-10-11-19-18(12-17)22(5)21(25)23(28-19)16-8-6-15(7-9-16)20(24)27-14(3)4/h6-14H,1-5H3. The zero-order valence-corrected chi connectivity index (χ0v) is 17.4. The van der Waals surface area contributed by atoms with Gasteiger partial charge in [0.15, 0.2) is 0 Å². The Balaban J connectivity index is 1.83. The minimum Gasteiger partial charge on any atom is -0.491 e. The quantitative estimate of drug-likeness (QED) is 0.515. The molecule has 6 nitrogen and oxygen atoms in total. The van der Waals surface area contributed by atoms with Crippen LogP contribution in [0.3, 0.4) is 0 Å². The van der Waals surface area contributed by atoms with E-state index >= 15 is 0 Å². The first kappa shape index (κ1) is 20.1. The number of carbonyl (C=O) groups is 2. The van der Waals surface area contributed by atoms with E-state index in [9.17, 15) is 9.59 Å². The van der Waals surface area contributed by atoms with Gasteiger partial charge in [-0.25, -0.2) is 13.9 Å². The second-order valence-corrected chi connectivity index (χ2v) is 8.01. The van der Waals surface area contributed by atoms with Gasteiger partial charge in [0.25, 0.3) is 0 Å². The number of hydrogen-bond donors (Lipinski definition) is 0. The Bertz CT molecular complexity index is 880. The lowest BCUT2D eigenvalue weighted by Crippen LogP contribution is -2.40. The van der Waals surface area contributed by atoms with Gasteiger partial charge in [-0.05, 0) is 76.0 Å². The highest BCUT2D eigenvalue weighted by Gasteiger charge is 2.30. The first-order valence-corrected chi connectivity index (χ1v) is 9.91. The third-order valence-corrected chi connectivity index (χ3v) is 5.09. The highest BCUT2D eigenvalue weighted by atomic mass is 32.2. The molecule has 2 aromatic rings. The highest BCUT2D eigenvalue weighted by molar-refractivity contribution is 8.01. The van der Waals surface area contributed by atoms with Crippen LogP contribution in [0.15, 0.2) is 47.4 Å². The van der Waals surface area contributed by atoms with Crippen LogP contribution in [0.25, 0.3) is 0 Å². The summed E-state index contributed by atoms with van der Waals surface area (Å²) >= 11 is 1.34. The topological polar surface area (TPSA) is 59.1 Å². The Morgan fingerprint density at radius 3 is 2.29 bits per heavy atom. The molecule has 0 spiro atoms. The van der Waals surface area contributed by atoms with Crippen molar-refractivity contribution in [1.29, 1.82) is 0 Å². The molecule has 0 radical (unpaired) electrons. The van der Waals surface area contributed by atoms with Crippen molar-refractivity contribution in [1.82, 2.24) is 0 Å². The van der Waals surface area contributed by atoms with E-state index in [1.165, 1.54) is 11.9 Å². The van der Waals surface area contributed by atoms with Crippen LogP contribution in [0.5, 0.6) is 5.75 Å². The van der Waals surface area contributed by atoms with Gasteiger partial charge < -0.3 is 9.47 Å². The first-order chi connectivity index (χ1) is 13.3. The van der Waals surface area contributed by atoms with E-state index in [0.29, 0.717) is 11.3 Å². The number of carbonyl (C=O) groups excluding carboxylic acids is 2. The van der Waals surface area contributed by atoms with Crippen molar-refractivity contribution in [3.63, 3.8) is 0 Å². The molecule has 3 rings (SSSR count). The predicted molar refractivity (Wildman–Crippen MR) is 111 cm³/mol. The van der Waals surface area contributed by atoms with Gasteiger partial charge in [0.2, 0.25) is 0 Å². The maximum absolute atomic E-state index is 12.9. The van der Waals surface area contributed by atoms with Crippen molar-refractivity contribution in [3.05, 3.63) is 48.0 Å². The van der Waals surface area contributed by atoms with Crippen molar-refractivity contribution in [2.24, 2.45) is 0 Å². The van der Waals surface area contributed by atoms with E-state index in [0.717, 1.165) is 16.3 Å². The molecule has 2 aromatic carbocycles. The summed E-state index contributed by atoms with van der Waals surface area (Å²) in [6.45, 7) is 7.54. The molecule has 0 saturated carbocycles. The fourth-order valence-corrected chi connectivity index (χ4v) is 3.78. The SMILES string of the molecule is CC(C)OC(=O)c1ccc(N2Sc3ccc(OC(C)C)cc3N(C)C2=O)cc1. The number of esters is 1. The molecular weight excluding hydrogens is 376 g/mol. The van der Waals surface area contributed by atoms with Crippen LogP contribution >= 0.6 is 11.9 Å². The van der Waals surface area contributed by atoms with Crippen LogP contribution in [-0.2, 0) is 4.74 Å². The van der Waals surface area contributed by atoms with Gasteiger partial charge >= 0.3 is 12.0 Å². The first-order valence-electron chi connectivity index (χ1n) is 9.14. The number of ether oxygens (including phenoxy) is 2. The van der Waals surface area contributed by atoms with E-state index < -0.39 is 0 Å². The van der Waals surface area contributed by atoms with E-state index in [1.54, 1.807) is 54.4 Å². The van der Waals surface area contributed by atoms with Crippen LogP contribution in [0.2, 0.25) is 0 Å². The van der Waals surface area contributed by atoms with E-state index in [4.69, 9.17) is 9.47 Å². The lowest BCUT2D eigenvalue weighted by molar-refractivity contribution is 0.0378. The third-order valence-electron chi connectivity index (χ3n) is 3.99. The number of urea groups is 1. The molecule has 148 valence electrons. The maximum Gasteiger partial charge on any atom is 0.339 e. The van der Waals surface area contributed by atoms with Crippen molar-refractivity contribution in [2.75, 3.05) is 16.3 Å². The molecule has 0 atom stereocenters. The summed E-state index contributed by atoms with van der Waals surface area (Å²) < 4.78 is 12.5.